The number of hydrogen-bond donors (Lipinski definition) is 2. The van der Waals surface area contributed by atoms with Crippen LogP contribution in [0.1, 0.15) is 58.0 Å². The molecular formula is C43H44N10O5. The summed E-state index contributed by atoms with van der Waals surface area (Å²) < 4.78 is 8.07. The second-order valence-corrected chi connectivity index (χ2v) is 16.2. The Morgan fingerprint density at radius 3 is 2.28 bits per heavy atom. The van der Waals surface area contributed by atoms with Crippen LogP contribution in [0.4, 0.5) is 5.82 Å². The molecule has 4 fully saturated rings. The minimum atomic E-state index is -0.956. The minimum Gasteiger partial charge on any atom is -0.457 e. The summed E-state index contributed by atoms with van der Waals surface area (Å²) in [6.45, 7) is 7.90. The zero-order valence-corrected chi connectivity index (χ0v) is 32.0. The lowest BCUT2D eigenvalue weighted by molar-refractivity contribution is -0.136. The number of benzene rings is 3. The summed E-state index contributed by atoms with van der Waals surface area (Å²) in [5.41, 5.74) is 10.5. The molecule has 15 nitrogen and oxygen atoms in total. The summed E-state index contributed by atoms with van der Waals surface area (Å²) in [6.07, 6.45) is 3.74. The van der Waals surface area contributed by atoms with E-state index in [-0.39, 0.29) is 24.8 Å². The smallest absolute Gasteiger partial charge is 0.262 e. The van der Waals surface area contributed by atoms with Gasteiger partial charge >= 0.3 is 0 Å². The van der Waals surface area contributed by atoms with E-state index in [1.54, 1.807) is 12.1 Å². The molecule has 5 aliphatic heterocycles. The van der Waals surface area contributed by atoms with Crippen LogP contribution in [-0.2, 0) is 16.1 Å². The molecule has 1 unspecified atom stereocenters. The lowest BCUT2D eigenvalue weighted by Crippen LogP contribution is -2.63. The van der Waals surface area contributed by atoms with Crippen LogP contribution in [0.25, 0.3) is 22.3 Å². The van der Waals surface area contributed by atoms with Crippen molar-refractivity contribution >= 4 is 40.5 Å². The third kappa shape index (κ3) is 6.68. The molecule has 4 amide bonds. The minimum absolute atomic E-state index is 0.102. The van der Waals surface area contributed by atoms with Gasteiger partial charge in [0, 0.05) is 70.4 Å². The van der Waals surface area contributed by atoms with Gasteiger partial charge in [0.2, 0.25) is 11.8 Å². The third-order valence-electron chi connectivity index (χ3n) is 12.4. The van der Waals surface area contributed by atoms with Crippen LogP contribution < -0.4 is 15.8 Å². The second kappa shape index (κ2) is 14.7. The summed E-state index contributed by atoms with van der Waals surface area (Å²) in [6, 6.07) is 22.8. The lowest BCUT2D eigenvalue weighted by atomic mass is 9.94. The average molecular weight is 781 g/mol. The average Bonchev–Trinajstić information content (AvgIpc) is 3.71. The normalized spacial score (nSPS) is 21.3. The number of hydrogen-bond acceptors (Lipinski definition) is 12. The summed E-state index contributed by atoms with van der Waals surface area (Å²) >= 11 is 0. The molecule has 0 saturated carbocycles. The van der Waals surface area contributed by atoms with Crippen molar-refractivity contribution in [2.45, 2.75) is 50.4 Å². The van der Waals surface area contributed by atoms with Crippen LogP contribution >= 0.6 is 0 Å². The van der Waals surface area contributed by atoms with Crippen molar-refractivity contribution in [2.24, 2.45) is 5.92 Å². The number of nitrogens with zero attached hydrogens (tertiary/aromatic N) is 8. The molecule has 0 spiro atoms. The number of rotatable bonds is 10. The van der Waals surface area contributed by atoms with Crippen LogP contribution in [-0.4, -0.2) is 121 Å². The Morgan fingerprint density at radius 1 is 0.776 bits per heavy atom. The van der Waals surface area contributed by atoms with Crippen molar-refractivity contribution in [3.63, 3.8) is 0 Å². The molecule has 58 heavy (non-hydrogen) atoms. The number of likely N-dealkylation sites (tertiary alicyclic amines) is 3. The maximum Gasteiger partial charge on any atom is 0.262 e. The molecule has 10 rings (SSSR count). The fourth-order valence-corrected chi connectivity index (χ4v) is 9.34. The number of carbonyl (C=O) groups excluding carboxylic acids is 4. The number of nitrogens with one attached hydrogen (secondary N) is 1. The van der Waals surface area contributed by atoms with Gasteiger partial charge in [0.05, 0.1) is 22.6 Å². The monoisotopic (exact) mass is 780 g/mol. The maximum atomic E-state index is 13.2. The highest BCUT2D eigenvalue weighted by Crippen LogP contribution is 2.36. The Labute approximate surface area is 334 Å². The quantitative estimate of drug-likeness (QED) is 0.197. The first kappa shape index (κ1) is 36.3. The number of nitrogen functional groups attached to an aromatic ring is 1. The molecule has 5 aliphatic rings. The van der Waals surface area contributed by atoms with Gasteiger partial charge in [0.1, 0.15) is 35.4 Å². The Bertz CT molecular complexity index is 2420. The van der Waals surface area contributed by atoms with Gasteiger partial charge in [-0.15, -0.1) is 0 Å². The number of aromatic nitrogens is 4. The maximum absolute atomic E-state index is 13.2. The topological polar surface area (TPSA) is 172 Å². The molecule has 15 heteroatoms. The highest BCUT2D eigenvalue weighted by molar-refractivity contribution is 6.23. The first-order valence-electron chi connectivity index (χ1n) is 20.1. The van der Waals surface area contributed by atoms with Gasteiger partial charge in [-0.3, -0.25) is 44.1 Å². The number of piperidine rings is 2. The van der Waals surface area contributed by atoms with E-state index in [9.17, 15) is 19.2 Å². The third-order valence-corrected chi connectivity index (χ3v) is 12.4. The summed E-state index contributed by atoms with van der Waals surface area (Å²) in [5, 5.41) is 8.14. The first-order chi connectivity index (χ1) is 28.3. The van der Waals surface area contributed by atoms with Crippen LogP contribution in [0, 0.1) is 5.92 Å². The lowest BCUT2D eigenvalue weighted by Gasteiger charge is -2.50. The number of imide groups is 2. The molecule has 4 saturated heterocycles. The number of para-hydroxylation sites is 1. The predicted molar refractivity (Wildman–Crippen MR) is 214 cm³/mol. The van der Waals surface area contributed by atoms with Gasteiger partial charge in [0.25, 0.3) is 11.8 Å². The Hall–Kier alpha value is -6.03. The molecule has 0 radical (unpaired) electrons. The summed E-state index contributed by atoms with van der Waals surface area (Å²) in [7, 11) is 0. The molecule has 2 aromatic heterocycles. The molecule has 296 valence electrons. The fourth-order valence-electron chi connectivity index (χ4n) is 9.34. The van der Waals surface area contributed by atoms with Gasteiger partial charge in [0.15, 0.2) is 5.65 Å². The van der Waals surface area contributed by atoms with Gasteiger partial charge in [-0.2, -0.15) is 5.10 Å². The van der Waals surface area contributed by atoms with E-state index in [4.69, 9.17) is 15.6 Å². The summed E-state index contributed by atoms with van der Waals surface area (Å²) in [5.74, 6) is 0.624. The van der Waals surface area contributed by atoms with Crippen molar-refractivity contribution in [1.82, 2.24) is 44.7 Å². The number of ether oxygens (including phenoxy) is 1. The van der Waals surface area contributed by atoms with Crippen LogP contribution in [0.3, 0.4) is 0 Å². The number of carbonyl (C=O) groups is 4. The van der Waals surface area contributed by atoms with Crippen molar-refractivity contribution in [3.05, 3.63) is 95.8 Å². The van der Waals surface area contributed by atoms with Crippen molar-refractivity contribution in [3.8, 4) is 22.8 Å². The SMILES string of the molecule is Nc1ncnc2c1c(-c1ccc(Oc3ccccc3)cc1)nn2C1CCN(C2CN(CC3CN(Cc4ccc5c(c4)C(=O)N(C4CCC(=O)NC4=O)C5=O)C3)C2)CC1. The fraction of sp³-hybridized carbons (Fsp3) is 0.372. The molecule has 3 aromatic carbocycles. The molecule has 1 atom stereocenters. The predicted octanol–water partition coefficient (Wildman–Crippen LogP) is 3.72. The van der Waals surface area contributed by atoms with E-state index in [1.165, 1.54) is 6.33 Å². The van der Waals surface area contributed by atoms with Gasteiger partial charge < -0.3 is 10.5 Å². The van der Waals surface area contributed by atoms with Crippen molar-refractivity contribution < 1.29 is 23.9 Å². The van der Waals surface area contributed by atoms with Gasteiger partial charge in [-0.05, 0) is 79.3 Å². The number of anilines is 1. The zero-order chi connectivity index (χ0) is 39.5. The molecule has 0 aliphatic carbocycles. The first-order valence-corrected chi connectivity index (χ1v) is 20.1. The van der Waals surface area contributed by atoms with Crippen LogP contribution in [0.2, 0.25) is 0 Å². The highest BCUT2D eigenvalue weighted by atomic mass is 16.5. The molecule has 7 heterocycles. The molecular weight excluding hydrogens is 737 g/mol. The van der Waals surface area contributed by atoms with E-state index >= 15 is 0 Å². The largest absolute Gasteiger partial charge is 0.457 e. The standard InChI is InChI=1S/C43H44N10O5/c44-39-37-38(28-7-9-32(10-8-28)58-31-4-2-1-3-5-31)48-53(40(37)46-25-45-39)29-14-16-51(17-15-29)30-23-50(24-30)22-27-20-49(21-27)19-26-6-11-33-34(18-26)43(57)52(42(33)56)35-12-13-36(54)47-41(35)55/h1-11,18,25,27,29-30,35H,12-17,19-24H2,(H2,44,45,46)(H,47,54,55). The Balaban J connectivity index is 0.697. The van der Waals surface area contributed by atoms with Crippen molar-refractivity contribution in [1.29, 1.82) is 0 Å². The molecule has 3 N–H and O–H groups in total. The second-order valence-electron chi connectivity index (χ2n) is 16.2. The van der Waals surface area contributed by atoms with E-state index < -0.39 is 23.8 Å². The van der Waals surface area contributed by atoms with Gasteiger partial charge in [-0.1, -0.05) is 24.3 Å². The van der Waals surface area contributed by atoms with Crippen molar-refractivity contribution in [2.75, 3.05) is 51.5 Å². The van der Waals surface area contributed by atoms with Crippen LogP contribution in [0.5, 0.6) is 11.5 Å². The van der Waals surface area contributed by atoms with E-state index in [1.807, 2.05) is 60.7 Å². The number of amides is 4. The molecule has 5 aromatic rings. The summed E-state index contributed by atoms with van der Waals surface area (Å²) in [4.78, 5) is 67.9. The van der Waals surface area contributed by atoms with E-state index in [0.29, 0.717) is 35.4 Å². The molecule has 0 bridgehead atoms. The van der Waals surface area contributed by atoms with E-state index in [2.05, 4.69) is 34.7 Å². The number of fused-ring (bicyclic) bond motifs is 2. The Kier molecular flexibility index (Phi) is 9.22. The Morgan fingerprint density at radius 2 is 1.52 bits per heavy atom. The highest BCUT2D eigenvalue weighted by Gasteiger charge is 2.45. The van der Waals surface area contributed by atoms with Gasteiger partial charge in [-0.25, -0.2) is 14.6 Å². The zero-order valence-electron chi connectivity index (χ0n) is 32.0. The number of nitrogens with two attached hydrogens (primary N) is 1. The van der Waals surface area contributed by atoms with E-state index in [0.717, 1.165) is 103 Å². The van der Waals surface area contributed by atoms with Crippen LogP contribution in [0.15, 0.2) is 79.1 Å².